The summed E-state index contributed by atoms with van der Waals surface area (Å²) in [4.78, 5) is 43.5. The van der Waals surface area contributed by atoms with E-state index in [1.807, 2.05) is 30.3 Å². The first-order valence-electron chi connectivity index (χ1n) is 10.2. The van der Waals surface area contributed by atoms with Gasteiger partial charge in [0.2, 0.25) is 0 Å². The van der Waals surface area contributed by atoms with Crippen LogP contribution in [0.5, 0.6) is 0 Å². The van der Waals surface area contributed by atoms with Crippen LogP contribution in [0.15, 0.2) is 66.5 Å². The summed E-state index contributed by atoms with van der Waals surface area (Å²) >= 11 is 1.56. The number of ether oxygens (including phenoxy) is 1. The van der Waals surface area contributed by atoms with Gasteiger partial charge in [0.05, 0.1) is 22.3 Å². The van der Waals surface area contributed by atoms with Crippen LogP contribution in [0, 0.1) is 0 Å². The SMILES string of the molecule is C=C(NC(=O)C(=C)N1Cc2c(cccc2-c2ccc3scnc3c2)C1=O)C(=O)OC(C)(C)C. The lowest BCUT2D eigenvalue weighted by molar-refractivity contribution is -0.150. The van der Waals surface area contributed by atoms with E-state index in [9.17, 15) is 14.4 Å². The van der Waals surface area contributed by atoms with Crippen LogP contribution in [-0.2, 0) is 20.9 Å². The Morgan fingerprint density at radius 3 is 2.61 bits per heavy atom. The number of hydrogen-bond acceptors (Lipinski definition) is 6. The molecule has 0 radical (unpaired) electrons. The zero-order valence-electron chi connectivity index (χ0n) is 18.6. The molecule has 0 unspecified atom stereocenters. The first-order valence-corrected chi connectivity index (χ1v) is 11.1. The molecule has 0 aliphatic carbocycles. The molecule has 8 heteroatoms. The molecule has 1 aliphatic rings. The van der Waals surface area contributed by atoms with Crippen molar-refractivity contribution in [2.24, 2.45) is 0 Å². The van der Waals surface area contributed by atoms with Crippen molar-refractivity contribution in [2.75, 3.05) is 0 Å². The zero-order chi connectivity index (χ0) is 23.9. The predicted octanol–water partition coefficient (Wildman–Crippen LogP) is 4.40. The van der Waals surface area contributed by atoms with E-state index in [4.69, 9.17) is 4.74 Å². The van der Waals surface area contributed by atoms with E-state index in [-0.39, 0.29) is 23.8 Å². The minimum atomic E-state index is -0.751. The molecule has 7 nitrogen and oxygen atoms in total. The van der Waals surface area contributed by atoms with E-state index in [0.717, 1.165) is 26.9 Å². The largest absolute Gasteiger partial charge is 0.455 e. The van der Waals surface area contributed by atoms with Crippen LogP contribution in [0.4, 0.5) is 0 Å². The van der Waals surface area contributed by atoms with Gasteiger partial charge in [-0.25, -0.2) is 9.78 Å². The Morgan fingerprint density at radius 1 is 1.15 bits per heavy atom. The van der Waals surface area contributed by atoms with E-state index in [0.29, 0.717) is 5.56 Å². The standard InChI is InChI=1S/C25H23N3O4S/c1-14(24(31)32-25(3,4)5)27-22(29)15(2)28-12-19-17(7-6-8-18(19)23(28)30)16-9-10-21-20(11-16)26-13-33-21/h6-11,13H,1-2,12H2,3-5H3,(H,27,29). The Labute approximate surface area is 195 Å². The first-order chi connectivity index (χ1) is 15.5. The van der Waals surface area contributed by atoms with Crippen molar-refractivity contribution in [2.45, 2.75) is 32.9 Å². The summed E-state index contributed by atoms with van der Waals surface area (Å²) in [6, 6.07) is 11.5. The third kappa shape index (κ3) is 4.42. The highest BCUT2D eigenvalue weighted by Gasteiger charge is 2.34. The van der Waals surface area contributed by atoms with Gasteiger partial charge in [-0.3, -0.25) is 14.5 Å². The van der Waals surface area contributed by atoms with Crippen LogP contribution in [-0.4, -0.2) is 33.3 Å². The van der Waals surface area contributed by atoms with Crippen molar-refractivity contribution in [1.29, 1.82) is 0 Å². The van der Waals surface area contributed by atoms with Crippen LogP contribution in [0.2, 0.25) is 0 Å². The van der Waals surface area contributed by atoms with Gasteiger partial charge in [0.1, 0.15) is 17.0 Å². The van der Waals surface area contributed by atoms with E-state index < -0.39 is 17.5 Å². The molecule has 0 fully saturated rings. The number of carbonyl (C=O) groups is 3. The molecule has 0 saturated heterocycles. The van der Waals surface area contributed by atoms with Crippen LogP contribution in [0.25, 0.3) is 21.3 Å². The molecule has 3 aromatic rings. The average molecular weight is 462 g/mol. The number of hydrogen-bond donors (Lipinski definition) is 1. The van der Waals surface area contributed by atoms with Gasteiger partial charge in [-0.15, -0.1) is 11.3 Å². The van der Waals surface area contributed by atoms with Gasteiger partial charge in [0.25, 0.3) is 11.8 Å². The van der Waals surface area contributed by atoms with E-state index >= 15 is 0 Å². The fourth-order valence-electron chi connectivity index (χ4n) is 3.57. The monoisotopic (exact) mass is 461 g/mol. The fraction of sp³-hybridized carbons (Fsp3) is 0.200. The highest BCUT2D eigenvalue weighted by Crippen LogP contribution is 2.35. The van der Waals surface area contributed by atoms with E-state index in [2.05, 4.69) is 23.5 Å². The summed E-state index contributed by atoms with van der Waals surface area (Å²) in [6.45, 7) is 12.7. The minimum Gasteiger partial charge on any atom is -0.455 e. The Balaban J connectivity index is 1.54. The Morgan fingerprint density at radius 2 is 1.88 bits per heavy atom. The molecule has 1 N–H and O–H groups in total. The fourth-order valence-corrected chi connectivity index (χ4v) is 4.23. The maximum absolute atomic E-state index is 13.1. The maximum Gasteiger partial charge on any atom is 0.354 e. The molecule has 0 spiro atoms. The van der Waals surface area contributed by atoms with Crippen molar-refractivity contribution in [3.8, 4) is 11.1 Å². The van der Waals surface area contributed by atoms with Gasteiger partial charge in [-0.2, -0.15) is 0 Å². The van der Waals surface area contributed by atoms with Crippen molar-refractivity contribution in [3.63, 3.8) is 0 Å². The molecule has 0 atom stereocenters. The number of fused-ring (bicyclic) bond motifs is 2. The topological polar surface area (TPSA) is 88.6 Å². The summed E-state index contributed by atoms with van der Waals surface area (Å²) in [5.74, 6) is -1.78. The van der Waals surface area contributed by atoms with Crippen molar-refractivity contribution >= 4 is 39.3 Å². The van der Waals surface area contributed by atoms with Crippen LogP contribution in [0.1, 0.15) is 36.7 Å². The molecule has 0 saturated carbocycles. The quantitative estimate of drug-likeness (QED) is 0.449. The molecule has 1 aromatic heterocycles. The van der Waals surface area contributed by atoms with Gasteiger partial charge < -0.3 is 10.1 Å². The summed E-state index contributed by atoms with van der Waals surface area (Å²) in [5, 5.41) is 2.38. The molecule has 2 amide bonds. The summed E-state index contributed by atoms with van der Waals surface area (Å²) in [5.41, 5.74) is 4.79. The maximum atomic E-state index is 13.1. The number of carbonyl (C=O) groups excluding carboxylic acids is 3. The first kappa shape index (κ1) is 22.4. The summed E-state index contributed by atoms with van der Waals surface area (Å²) < 4.78 is 6.28. The Bertz CT molecular complexity index is 1330. The van der Waals surface area contributed by atoms with Crippen LogP contribution < -0.4 is 5.32 Å². The average Bonchev–Trinajstić information content (AvgIpc) is 3.35. The predicted molar refractivity (Wildman–Crippen MR) is 127 cm³/mol. The second-order valence-corrected chi connectivity index (χ2v) is 9.53. The third-order valence-corrected chi connectivity index (χ3v) is 5.92. The number of benzene rings is 2. The number of thiazole rings is 1. The van der Waals surface area contributed by atoms with E-state index in [1.165, 1.54) is 4.90 Å². The molecule has 2 aromatic carbocycles. The van der Waals surface area contributed by atoms with Gasteiger partial charge in [0.15, 0.2) is 0 Å². The summed E-state index contributed by atoms with van der Waals surface area (Å²) in [7, 11) is 0. The van der Waals surface area contributed by atoms with Gasteiger partial charge in [0, 0.05) is 5.56 Å². The lowest BCUT2D eigenvalue weighted by atomic mass is 9.97. The number of aromatic nitrogens is 1. The molecular weight excluding hydrogens is 438 g/mol. The van der Waals surface area contributed by atoms with Crippen molar-refractivity contribution in [1.82, 2.24) is 15.2 Å². The van der Waals surface area contributed by atoms with Gasteiger partial charge in [-0.1, -0.05) is 31.4 Å². The van der Waals surface area contributed by atoms with Gasteiger partial charge in [-0.05, 0) is 55.7 Å². The van der Waals surface area contributed by atoms with E-state index in [1.54, 1.807) is 43.7 Å². The van der Waals surface area contributed by atoms with Crippen LogP contribution >= 0.6 is 11.3 Å². The highest BCUT2D eigenvalue weighted by atomic mass is 32.1. The second-order valence-electron chi connectivity index (χ2n) is 8.64. The normalized spacial score (nSPS) is 13.1. The number of amides is 2. The number of nitrogens with one attached hydrogen (secondary N) is 1. The molecular formula is C25H23N3O4S. The minimum absolute atomic E-state index is 0.0817. The number of esters is 1. The molecule has 168 valence electrons. The molecule has 0 bridgehead atoms. The lowest BCUT2D eigenvalue weighted by Crippen LogP contribution is -2.37. The van der Waals surface area contributed by atoms with Crippen molar-refractivity contribution < 1.29 is 19.1 Å². The second kappa shape index (κ2) is 8.29. The number of nitrogens with zero attached hydrogens (tertiary/aromatic N) is 2. The molecule has 33 heavy (non-hydrogen) atoms. The Hall–Kier alpha value is -3.78. The molecule has 2 heterocycles. The lowest BCUT2D eigenvalue weighted by Gasteiger charge is -2.21. The summed E-state index contributed by atoms with van der Waals surface area (Å²) in [6.07, 6.45) is 0. The molecule has 1 aliphatic heterocycles. The van der Waals surface area contributed by atoms with Gasteiger partial charge >= 0.3 is 5.97 Å². The smallest absolute Gasteiger partial charge is 0.354 e. The Kier molecular flexibility index (Phi) is 5.63. The van der Waals surface area contributed by atoms with Crippen molar-refractivity contribution in [3.05, 3.63) is 77.6 Å². The number of rotatable bonds is 5. The van der Waals surface area contributed by atoms with Crippen LogP contribution in [0.3, 0.4) is 0 Å². The highest BCUT2D eigenvalue weighted by molar-refractivity contribution is 7.16. The molecule has 4 rings (SSSR count). The third-order valence-electron chi connectivity index (χ3n) is 5.11. The zero-order valence-corrected chi connectivity index (χ0v) is 19.4.